The summed E-state index contributed by atoms with van der Waals surface area (Å²) >= 11 is 1.87. The van der Waals surface area contributed by atoms with Crippen LogP contribution in [0.3, 0.4) is 0 Å². The number of fused-ring (bicyclic) bond motifs is 7. The van der Waals surface area contributed by atoms with Gasteiger partial charge in [-0.2, -0.15) is 0 Å². The summed E-state index contributed by atoms with van der Waals surface area (Å²) in [4.78, 5) is 2.37. The van der Waals surface area contributed by atoms with Crippen LogP contribution in [0.15, 0.2) is 205 Å². The summed E-state index contributed by atoms with van der Waals surface area (Å²) in [5.74, 6) is 0. The second kappa shape index (κ2) is 12.9. The number of para-hydroxylation sites is 1. The van der Waals surface area contributed by atoms with E-state index in [9.17, 15) is 0 Å². The number of furan rings is 1. The first-order valence-corrected chi connectivity index (χ1v) is 19.5. The average Bonchev–Trinajstić information content (AvgIpc) is 3.83. The Morgan fingerprint density at radius 1 is 0.345 bits per heavy atom. The van der Waals surface area contributed by atoms with Gasteiger partial charge in [0.2, 0.25) is 0 Å². The topological polar surface area (TPSA) is 16.4 Å². The van der Waals surface area contributed by atoms with Crippen molar-refractivity contribution in [2.45, 2.75) is 0 Å². The van der Waals surface area contributed by atoms with Crippen LogP contribution in [0.5, 0.6) is 0 Å². The van der Waals surface area contributed by atoms with Gasteiger partial charge in [-0.25, -0.2) is 0 Å². The van der Waals surface area contributed by atoms with Crippen molar-refractivity contribution in [2.24, 2.45) is 0 Å². The Morgan fingerprint density at radius 2 is 0.964 bits per heavy atom. The number of benzene rings is 9. The molecule has 11 aromatic rings. The van der Waals surface area contributed by atoms with E-state index < -0.39 is 0 Å². The Hall–Kier alpha value is -6.94. The Kier molecular flexibility index (Phi) is 7.39. The van der Waals surface area contributed by atoms with Gasteiger partial charge >= 0.3 is 0 Å². The quantitative estimate of drug-likeness (QED) is 0.170. The van der Waals surface area contributed by atoms with Gasteiger partial charge in [-0.05, 0) is 105 Å². The summed E-state index contributed by atoms with van der Waals surface area (Å²) < 4.78 is 8.76. The van der Waals surface area contributed by atoms with Crippen molar-refractivity contribution in [1.29, 1.82) is 0 Å². The molecule has 0 bridgehead atoms. The summed E-state index contributed by atoms with van der Waals surface area (Å²) in [6.07, 6.45) is 0. The van der Waals surface area contributed by atoms with E-state index in [1.54, 1.807) is 0 Å². The van der Waals surface area contributed by atoms with Crippen molar-refractivity contribution in [3.05, 3.63) is 200 Å². The molecule has 0 saturated carbocycles. The van der Waals surface area contributed by atoms with Crippen LogP contribution in [0.1, 0.15) is 0 Å². The molecule has 3 heteroatoms. The molecule has 2 nitrogen and oxygen atoms in total. The van der Waals surface area contributed by atoms with E-state index in [1.807, 2.05) is 23.5 Å². The maximum Gasteiger partial charge on any atom is 0.135 e. The van der Waals surface area contributed by atoms with Crippen LogP contribution in [-0.2, 0) is 0 Å². The first-order valence-electron chi connectivity index (χ1n) is 18.7. The van der Waals surface area contributed by atoms with Gasteiger partial charge in [-0.3, -0.25) is 0 Å². The van der Waals surface area contributed by atoms with Gasteiger partial charge in [0.15, 0.2) is 0 Å². The van der Waals surface area contributed by atoms with Gasteiger partial charge in [-0.1, -0.05) is 140 Å². The van der Waals surface area contributed by atoms with Crippen molar-refractivity contribution in [1.82, 2.24) is 0 Å². The van der Waals surface area contributed by atoms with Gasteiger partial charge in [0, 0.05) is 48.0 Å². The molecule has 0 fully saturated rings. The molecule has 0 atom stereocenters. The van der Waals surface area contributed by atoms with Gasteiger partial charge in [0.25, 0.3) is 0 Å². The molecule has 0 N–H and O–H groups in total. The second-order valence-corrected chi connectivity index (χ2v) is 15.1. The molecular weight excluding hydrogens is 687 g/mol. The summed E-state index contributed by atoms with van der Waals surface area (Å²) in [7, 11) is 0. The highest BCUT2D eigenvalue weighted by molar-refractivity contribution is 7.26. The van der Waals surface area contributed by atoms with E-state index in [1.165, 1.54) is 53.2 Å². The van der Waals surface area contributed by atoms with E-state index in [2.05, 4.69) is 193 Å². The molecule has 0 radical (unpaired) electrons. The molecule has 258 valence electrons. The van der Waals surface area contributed by atoms with Crippen molar-refractivity contribution in [2.75, 3.05) is 4.90 Å². The molecule has 0 saturated heterocycles. The van der Waals surface area contributed by atoms with E-state index in [4.69, 9.17) is 4.42 Å². The third-order valence-corrected chi connectivity index (χ3v) is 12.1. The second-order valence-electron chi connectivity index (χ2n) is 14.1. The van der Waals surface area contributed by atoms with Crippen molar-refractivity contribution in [3.8, 4) is 33.4 Å². The number of hydrogen-bond acceptors (Lipinski definition) is 3. The first-order chi connectivity index (χ1) is 27.2. The smallest absolute Gasteiger partial charge is 0.135 e. The molecule has 0 aliphatic carbocycles. The Morgan fingerprint density at radius 3 is 1.82 bits per heavy atom. The Balaban J connectivity index is 1.03. The molecule has 2 aromatic heterocycles. The Bertz CT molecular complexity index is 3200. The van der Waals surface area contributed by atoms with Crippen LogP contribution < -0.4 is 4.90 Å². The molecular formula is C52H33NOS. The highest BCUT2D eigenvalue weighted by atomic mass is 32.1. The highest BCUT2D eigenvalue weighted by Gasteiger charge is 2.17. The van der Waals surface area contributed by atoms with Crippen molar-refractivity contribution in [3.63, 3.8) is 0 Å². The fourth-order valence-corrected chi connectivity index (χ4v) is 9.45. The summed E-state index contributed by atoms with van der Waals surface area (Å²) in [6.45, 7) is 0. The molecule has 0 spiro atoms. The lowest BCUT2D eigenvalue weighted by Gasteiger charge is -2.26. The number of rotatable bonds is 6. The highest BCUT2D eigenvalue weighted by Crippen LogP contribution is 2.43. The molecule has 0 amide bonds. The molecule has 9 aromatic carbocycles. The molecule has 0 aliphatic rings. The summed E-state index contributed by atoms with van der Waals surface area (Å²) in [5.41, 5.74) is 12.3. The SMILES string of the molecule is c1cc(-c2cccc3c2sc2ccccc23)cc(N(c2ccc(-c3ccc4oc5ccccc5c4c3)cc2)c2ccc(-c3cccc4ccccc34)cc2)c1. The number of hydrogen-bond donors (Lipinski definition) is 0. The van der Waals surface area contributed by atoms with E-state index >= 15 is 0 Å². The lowest BCUT2D eigenvalue weighted by molar-refractivity contribution is 0.669. The fraction of sp³-hybridized carbons (Fsp3) is 0. The van der Waals surface area contributed by atoms with E-state index in [0.717, 1.165) is 50.1 Å². The van der Waals surface area contributed by atoms with Gasteiger partial charge in [0.05, 0.1) is 0 Å². The van der Waals surface area contributed by atoms with Crippen molar-refractivity contribution >= 4 is 81.3 Å². The molecule has 0 aliphatic heterocycles. The maximum absolute atomic E-state index is 6.12. The molecule has 11 rings (SSSR count). The van der Waals surface area contributed by atoms with Gasteiger partial charge < -0.3 is 9.32 Å². The zero-order chi connectivity index (χ0) is 36.3. The normalized spacial score (nSPS) is 11.6. The lowest BCUT2D eigenvalue weighted by atomic mass is 9.98. The minimum atomic E-state index is 0.908. The number of anilines is 3. The van der Waals surface area contributed by atoms with Crippen LogP contribution in [-0.4, -0.2) is 0 Å². The van der Waals surface area contributed by atoms with E-state index in [0.29, 0.717) is 0 Å². The van der Waals surface area contributed by atoms with Crippen molar-refractivity contribution < 1.29 is 4.42 Å². The van der Waals surface area contributed by atoms with Gasteiger partial charge in [0.1, 0.15) is 11.2 Å². The number of nitrogens with zero attached hydrogens (tertiary/aromatic N) is 1. The predicted octanol–water partition coefficient (Wildman–Crippen LogP) is 15.6. The minimum Gasteiger partial charge on any atom is -0.456 e. The summed E-state index contributed by atoms with van der Waals surface area (Å²) in [5, 5.41) is 7.40. The van der Waals surface area contributed by atoms with Crippen LogP contribution in [0.4, 0.5) is 17.1 Å². The fourth-order valence-electron chi connectivity index (χ4n) is 8.21. The third-order valence-electron chi connectivity index (χ3n) is 10.9. The predicted molar refractivity (Wildman–Crippen MR) is 235 cm³/mol. The number of thiophene rings is 1. The van der Waals surface area contributed by atoms with Gasteiger partial charge in [-0.15, -0.1) is 11.3 Å². The molecule has 55 heavy (non-hydrogen) atoms. The maximum atomic E-state index is 6.12. The van der Waals surface area contributed by atoms with Crippen LogP contribution in [0, 0.1) is 0 Å². The minimum absolute atomic E-state index is 0.908. The zero-order valence-electron chi connectivity index (χ0n) is 29.8. The molecule has 0 unspecified atom stereocenters. The monoisotopic (exact) mass is 719 g/mol. The van der Waals surface area contributed by atoms with Crippen LogP contribution in [0.25, 0.3) is 86.3 Å². The molecule has 2 heterocycles. The van der Waals surface area contributed by atoms with E-state index in [-0.39, 0.29) is 0 Å². The standard InChI is InChI=1S/C52H33NOS/c1-2-14-42-35(10-1)11-8-17-43(42)36-24-29-40(30-25-36)53(39-27-22-34(23-28-39)37-26-31-50-48(33-37)45-15-3-5-20-49(45)54-50)41-13-7-12-38(32-41)44-18-9-19-47-46-16-4-6-21-51(46)55-52(44)47/h1-33H. The lowest BCUT2D eigenvalue weighted by Crippen LogP contribution is -2.10. The average molecular weight is 720 g/mol. The first kappa shape index (κ1) is 31.6. The third kappa shape index (κ3) is 5.40. The summed E-state index contributed by atoms with van der Waals surface area (Å²) in [6, 6.07) is 72.3. The van der Waals surface area contributed by atoms with Crippen LogP contribution >= 0.6 is 11.3 Å². The Labute approximate surface area is 322 Å². The largest absolute Gasteiger partial charge is 0.456 e. The van der Waals surface area contributed by atoms with Crippen LogP contribution in [0.2, 0.25) is 0 Å². The zero-order valence-corrected chi connectivity index (χ0v) is 30.6.